The number of carbonyl (C=O) groups excluding carboxylic acids is 1. The van der Waals surface area contributed by atoms with E-state index in [0.29, 0.717) is 23.0 Å². The van der Waals surface area contributed by atoms with Gasteiger partial charge in [-0.2, -0.15) is 0 Å². The summed E-state index contributed by atoms with van der Waals surface area (Å²) in [5.74, 6) is -0.113. The Labute approximate surface area is 178 Å². The van der Waals surface area contributed by atoms with Gasteiger partial charge < -0.3 is 9.88 Å². The zero-order valence-corrected chi connectivity index (χ0v) is 17.4. The molecule has 7 heteroatoms. The first-order valence-corrected chi connectivity index (χ1v) is 10.3. The van der Waals surface area contributed by atoms with Crippen molar-refractivity contribution in [2.75, 3.05) is 0 Å². The number of rotatable bonds is 6. The molecule has 0 unspecified atom stereocenters. The summed E-state index contributed by atoms with van der Waals surface area (Å²) in [5, 5.41) is 4.52. The third-order valence-corrected chi connectivity index (χ3v) is 6.02. The van der Waals surface area contributed by atoms with Gasteiger partial charge >= 0.3 is 0 Å². The Balaban J connectivity index is 1.47. The maximum absolute atomic E-state index is 12.8. The summed E-state index contributed by atoms with van der Waals surface area (Å²) < 4.78 is 2.01. The van der Waals surface area contributed by atoms with Crippen molar-refractivity contribution >= 4 is 28.8 Å². The maximum Gasteiger partial charge on any atom is 0.263 e. The van der Waals surface area contributed by atoms with Crippen LogP contribution in [-0.4, -0.2) is 20.4 Å². The first kappa shape index (κ1) is 19.4. The fourth-order valence-corrected chi connectivity index (χ4v) is 4.15. The topological polar surface area (TPSA) is 59.8 Å². The van der Waals surface area contributed by atoms with Gasteiger partial charge in [-0.25, -0.2) is 9.97 Å². The minimum Gasteiger partial charge on any atom is -0.347 e. The van der Waals surface area contributed by atoms with Gasteiger partial charge in [-0.05, 0) is 30.2 Å². The number of hydrogen-bond acceptors (Lipinski definition) is 4. The van der Waals surface area contributed by atoms with E-state index in [9.17, 15) is 4.79 Å². The van der Waals surface area contributed by atoms with Crippen LogP contribution >= 0.6 is 22.9 Å². The average molecular weight is 423 g/mol. The molecule has 0 bridgehead atoms. The second-order valence-electron chi connectivity index (χ2n) is 6.63. The van der Waals surface area contributed by atoms with Crippen LogP contribution in [0.4, 0.5) is 0 Å². The number of nitrogens with zero attached hydrogens (tertiary/aromatic N) is 3. The highest BCUT2D eigenvalue weighted by atomic mass is 35.5. The van der Waals surface area contributed by atoms with E-state index in [0.717, 1.165) is 27.4 Å². The number of halogens is 1. The fourth-order valence-electron chi connectivity index (χ4n) is 3.04. The minimum absolute atomic E-state index is 0.113. The van der Waals surface area contributed by atoms with E-state index in [-0.39, 0.29) is 5.91 Å². The van der Waals surface area contributed by atoms with Crippen LogP contribution in [0.2, 0.25) is 5.02 Å². The highest BCUT2D eigenvalue weighted by Gasteiger charge is 2.16. The average Bonchev–Trinajstić information content (AvgIpc) is 3.37. The number of thiazole rings is 1. The van der Waals surface area contributed by atoms with Crippen molar-refractivity contribution in [3.05, 3.63) is 94.0 Å². The number of aryl methyl sites for hydroxylation is 1. The van der Waals surface area contributed by atoms with Crippen LogP contribution in [0.3, 0.4) is 0 Å². The van der Waals surface area contributed by atoms with E-state index in [4.69, 9.17) is 11.6 Å². The second-order valence-corrected chi connectivity index (χ2v) is 8.06. The Hall–Kier alpha value is -2.96. The largest absolute Gasteiger partial charge is 0.347 e. The summed E-state index contributed by atoms with van der Waals surface area (Å²) in [7, 11) is 0. The summed E-state index contributed by atoms with van der Waals surface area (Å²) in [5.41, 5.74) is 3.90. The number of benzene rings is 2. The monoisotopic (exact) mass is 422 g/mol. The van der Waals surface area contributed by atoms with Crippen molar-refractivity contribution in [2.24, 2.45) is 0 Å². The second kappa shape index (κ2) is 8.59. The van der Waals surface area contributed by atoms with Gasteiger partial charge in [0.15, 0.2) is 0 Å². The van der Waals surface area contributed by atoms with E-state index in [1.54, 1.807) is 12.5 Å². The lowest BCUT2D eigenvalue weighted by Crippen LogP contribution is -2.23. The van der Waals surface area contributed by atoms with Crippen molar-refractivity contribution in [3.63, 3.8) is 0 Å². The number of aromatic nitrogens is 3. The first-order chi connectivity index (χ1) is 14.1. The Morgan fingerprint density at radius 2 is 1.90 bits per heavy atom. The number of imidazole rings is 1. The molecule has 1 amide bonds. The van der Waals surface area contributed by atoms with E-state index in [1.165, 1.54) is 11.3 Å². The Kier molecular flexibility index (Phi) is 5.74. The van der Waals surface area contributed by atoms with Gasteiger partial charge in [0.1, 0.15) is 9.88 Å². The van der Waals surface area contributed by atoms with Crippen molar-refractivity contribution < 1.29 is 4.79 Å². The van der Waals surface area contributed by atoms with E-state index >= 15 is 0 Å². The molecule has 2 heterocycles. The predicted molar refractivity (Wildman–Crippen MR) is 116 cm³/mol. The van der Waals surface area contributed by atoms with Crippen LogP contribution in [0.1, 0.15) is 26.5 Å². The molecular weight excluding hydrogens is 404 g/mol. The molecule has 146 valence electrons. The smallest absolute Gasteiger partial charge is 0.263 e. The number of hydrogen-bond donors (Lipinski definition) is 1. The van der Waals surface area contributed by atoms with Crippen LogP contribution < -0.4 is 5.32 Å². The molecular formula is C22H19ClN4OS. The van der Waals surface area contributed by atoms with Crippen LogP contribution in [0, 0.1) is 6.92 Å². The predicted octanol–water partition coefficient (Wildman–Crippen LogP) is 4.95. The molecule has 4 rings (SSSR count). The van der Waals surface area contributed by atoms with Crippen LogP contribution in [0.15, 0.2) is 67.3 Å². The number of nitrogens with one attached hydrogen (secondary N) is 1. The lowest BCUT2D eigenvalue weighted by Gasteiger charge is -2.11. The van der Waals surface area contributed by atoms with E-state index in [2.05, 4.69) is 21.4 Å². The molecule has 0 aliphatic carbocycles. The minimum atomic E-state index is -0.113. The molecule has 0 saturated heterocycles. The molecule has 0 spiro atoms. The summed E-state index contributed by atoms with van der Waals surface area (Å²) in [6, 6.07) is 15.6. The van der Waals surface area contributed by atoms with Gasteiger partial charge in [-0.15, -0.1) is 11.3 Å². The molecule has 0 fully saturated rings. The van der Waals surface area contributed by atoms with Crippen molar-refractivity contribution in [1.82, 2.24) is 19.9 Å². The van der Waals surface area contributed by atoms with Crippen LogP contribution in [-0.2, 0) is 13.1 Å². The number of amides is 1. The zero-order valence-electron chi connectivity index (χ0n) is 15.8. The van der Waals surface area contributed by atoms with Gasteiger partial charge in [0, 0.05) is 36.1 Å². The summed E-state index contributed by atoms with van der Waals surface area (Å²) >= 11 is 7.35. The standard InChI is InChI=1S/C22H19ClN4OS/c1-15-20(29-22(26-15)16-6-8-19(23)9-7-16)21(28)25-12-17-4-2-3-5-18(17)13-27-11-10-24-14-27/h2-11,14H,12-13H2,1H3,(H,25,28). The Morgan fingerprint density at radius 3 is 2.62 bits per heavy atom. The first-order valence-electron chi connectivity index (χ1n) is 9.14. The Morgan fingerprint density at radius 1 is 1.14 bits per heavy atom. The lowest BCUT2D eigenvalue weighted by molar-refractivity contribution is 0.0954. The van der Waals surface area contributed by atoms with Gasteiger partial charge in [-0.3, -0.25) is 4.79 Å². The van der Waals surface area contributed by atoms with Gasteiger partial charge in [0.2, 0.25) is 0 Å². The molecule has 0 radical (unpaired) electrons. The zero-order chi connectivity index (χ0) is 20.2. The molecule has 0 saturated carbocycles. The number of carbonyl (C=O) groups is 1. The molecule has 4 aromatic rings. The van der Waals surface area contributed by atoms with E-state index in [1.807, 2.05) is 60.2 Å². The molecule has 2 aromatic carbocycles. The SMILES string of the molecule is Cc1nc(-c2ccc(Cl)cc2)sc1C(=O)NCc1ccccc1Cn1ccnc1. The molecule has 29 heavy (non-hydrogen) atoms. The maximum atomic E-state index is 12.8. The molecule has 0 aliphatic heterocycles. The van der Waals surface area contributed by atoms with Gasteiger partial charge in [0.05, 0.1) is 12.0 Å². The van der Waals surface area contributed by atoms with E-state index < -0.39 is 0 Å². The third-order valence-electron chi connectivity index (χ3n) is 4.56. The third kappa shape index (κ3) is 4.55. The van der Waals surface area contributed by atoms with Crippen molar-refractivity contribution in [2.45, 2.75) is 20.0 Å². The quantitative estimate of drug-likeness (QED) is 0.478. The highest BCUT2D eigenvalue weighted by molar-refractivity contribution is 7.17. The summed E-state index contributed by atoms with van der Waals surface area (Å²) in [6.07, 6.45) is 5.47. The molecule has 5 nitrogen and oxygen atoms in total. The Bertz CT molecular complexity index is 1120. The highest BCUT2D eigenvalue weighted by Crippen LogP contribution is 2.28. The molecule has 0 atom stereocenters. The lowest BCUT2D eigenvalue weighted by atomic mass is 10.1. The summed E-state index contributed by atoms with van der Waals surface area (Å²) in [6.45, 7) is 3.03. The van der Waals surface area contributed by atoms with Crippen LogP contribution in [0.5, 0.6) is 0 Å². The molecule has 2 aromatic heterocycles. The van der Waals surface area contributed by atoms with Gasteiger partial charge in [-0.1, -0.05) is 48.0 Å². The summed E-state index contributed by atoms with van der Waals surface area (Å²) in [4.78, 5) is 22.1. The molecule has 0 aliphatic rings. The van der Waals surface area contributed by atoms with Crippen molar-refractivity contribution in [3.8, 4) is 10.6 Å². The molecule has 1 N–H and O–H groups in total. The van der Waals surface area contributed by atoms with Gasteiger partial charge in [0.25, 0.3) is 5.91 Å². The van der Waals surface area contributed by atoms with Crippen molar-refractivity contribution in [1.29, 1.82) is 0 Å². The van der Waals surface area contributed by atoms with Crippen LogP contribution in [0.25, 0.3) is 10.6 Å². The normalized spacial score (nSPS) is 10.8. The fraction of sp³-hybridized carbons (Fsp3) is 0.136.